The molecule has 2 rings (SSSR count). The molecule has 0 atom stereocenters. The third-order valence-electron chi connectivity index (χ3n) is 1.96. The summed E-state index contributed by atoms with van der Waals surface area (Å²) in [5.74, 6) is -0.307. The summed E-state index contributed by atoms with van der Waals surface area (Å²) in [4.78, 5) is 0. The zero-order valence-corrected chi connectivity index (χ0v) is 8.27. The van der Waals surface area contributed by atoms with Crippen LogP contribution < -0.4 is 0 Å². The second-order valence-corrected chi connectivity index (χ2v) is 3.05. The Morgan fingerprint density at radius 1 is 1.47 bits per heavy atom. The van der Waals surface area contributed by atoms with E-state index in [4.69, 9.17) is 4.74 Å². The van der Waals surface area contributed by atoms with Gasteiger partial charge in [-0.3, -0.25) is 0 Å². The van der Waals surface area contributed by atoms with E-state index in [1.807, 2.05) is 0 Å². The number of aromatic nitrogens is 2. The molecule has 77 valence electrons. The van der Waals surface area contributed by atoms with Gasteiger partial charge in [-0.2, -0.15) is 5.10 Å². The molecule has 4 heteroatoms. The molecular weight excluding hydrogens is 195 g/mol. The van der Waals surface area contributed by atoms with Crippen molar-refractivity contribution in [1.29, 1.82) is 0 Å². The van der Waals surface area contributed by atoms with Crippen LogP contribution in [0.1, 0.15) is 5.69 Å². The SMILES string of the molecule is COCc1[c]cn(-c2ccccc2F)n1. The van der Waals surface area contributed by atoms with Gasteiger partial charge in [0.05, 0.1) is 12.3 Å². The minimum Gasteiger partial charge on any atom is -0.378 e. The van der Waals surface area contributed by atoms with Crippen LogP contribution in [0.5, 0.6) is 0 Å². The second kappa shape index (κ2) is 4.23. The summed E-state index contributed by atoms with van der Waals surface area (Å²) in [5.41, 5.74) is 1.07. The molecule has 15 heavy (non-hydrogen) atoms. The number of nitrogens with zero attached hydrogens (tertiary/aromatic N) is 2. The highest BCUT2D eigenvalue weighted by molar-refractivity contribution is 5.32. The summed E-state index contributed by atoms with van der Waals surface area (Å²) in [7, 11) is 1.58. The first-order valence-corrected chi connectivity index (χ1v) is 4.51. The van der Waals surface area contributed by atoms with Gasteiger partial charge in [-0.15, -0.1) is 0 Å². The number of para-hydroxylation sites is 1. The van der Waals surface area contributed by atoms with Gasteiger partial charge in [0.1, 0.15) is 11.5 Å². The van der Waals surface area contributed by atoms with Gasteiger partial charge in [-0.25, -0.2) is 9.07 Å². The molecule has 0 amide bonds. The standard InChI is InChI=1S/C11H10FN2O/c1-15-8-9-6-7-14(13-9)11-5-3-2-4-10(11)12/h2-5,7H,8H2,1H3. The first-order chi connectivity index (χ1) is 7.31. The fourth-order valence-corrected chi connectivity index (χ4v) is 1.29. The lowest BCUT2D eigenvalue weighted by Gasteiger charge is -2.01. The van der Waals surface area contributed by atoms with Crippen molar-refractivity contribution in [3.63, 3.8) is 0 Å². The predicted molar refractivity (Wildman–Crippen MR) is 53.1 cm³/mol. The molecular formula is C11H10FN2O. The van der Waals surface area contributed by atoms with E-state index in [1.165, 1.54) is 10.7 Å². The van der Waals surface area contributed by atoms with Crippen molar-refractivity contribution < 1.29 is 9.13 Å². The molecule has 0 bridgehead atoms. The van der Waals surface area contributed by atoms with Crippen LogP contribution in [0.3, 0.4) is 0 Å². The minimum atomic E-state index is -0.307. The van der Waals surface area contributed by atoms with Gasteiger partial charge in [0, 0.05) is 19.4 Å². The number of methoxy groups -OCH3 is 1. The van der Waals surface area contributed by atoms with Crippen molar-refractivity contribution >= 4 is 0 Å². The number of benzene rings is 1. The molecule has 1 radical (unpaired) electrons. The van der Waals surface area contributed by atoms with Gasteiger partial charge in [-0.05, 0) is 12.1 Å². The van der Waals surface area contributed by atoms with Gasteiger partial charge in [-0.1, -0.05) is 12.1 Å². The highest BCUT2D eigenvalue weighted by Crippen LogP contribution is 2.11. The molecule has 3 nitrogen and oxygen atoms in total. The van der Waals surface area contributed by atoms with E-state index in [1.54, 1.807) is 31.5 Å². The Balaban J connectivity index is 2.33. The third-order valence-corrected chi connectivity index (χ3v) is 1.96. The zero-order valence-electron chi connectivity index (χ0n) is 8.27. The quantitative estimate of drug-likeness (QED) is 0.765. The highest BCUT2D eigenvalue weighted by atomic mass is 19.1. The maximum Gasteiger partial charge on any atom is 0.148 e. The van der Waals surface area contributed by atoms with Crippen molar-refractivity contribution in [2.75, 3.05) is 7.11 Å². The van der Waals surface area contributed by atoms with Crippen LogP contribution in [-0.4, -0.2) is 16.9 Å². The summed E-state index contributed by atoms with van der Waals surface area (Å²) in [6.45, 7) is 0.376. The molecule has 0 N–H and O–H groups in total. The average Bonchev–Trinajstić information content (AvgIpc) is 2.68. The van der Waals surface area contributed by atoms with Gasteiger partial charge in [0.25, 0.3) is 0 Å². The Morgan fingerprint density at radius 3 is 3.00 bits per heavy atom. The number of halogens is 1. The van der Waals surface area contributed by atoms with Gasteiger partial charge in [0.15, 0.2) is 0 Å². The molecule has 1 heterocycles. The molecule has 0 fully saturated rings. The highest BCUT2D eigenvalue weighted by Gasteiger charge is 2.05. The molecule has 0 aliphatic heterocycles. The number of hydrogen-bond donors (Lipinski definition) is 0. The maximum atomic E-state index is 13.4. The van der Waals surface area contributed by atoms with Crippen molar-refractivity contribution in [3.8, 4) is 5.69 Å². The van der Waals surface area contributed by atoms with Crippen LogP contribution in [0.2, 0.25) is 0 Å². The summed E-state index contributed by atoms with van der Waals surface area (Å²) < 4.78 is 19.7. The van der Waals surface area contributed by atoms with Crippen LogP contribution >= 0.6 is 0 Å². The van der Waals surface area contributed by atoms with E-state index in [0.29, 0.717) is 18.0 Å². The fourth-order valence-electron chi connectivity index (χ4n) is 1.29. The summed E-state index contributed by atoms with van der Waals surface area (Å²) in [5, 5.41) is 4.13. The molecule has 0 aliphatic carbocycles. The van der Waals surface area contributed by atoms with Crippen LogP contribution in [0.4, 0.5) is 4.39 Å². The first kappa shape index (κ1) is 9.86. The zero-order chi connectivity index (χ0) is 10.7. The molecule has 1 aromatic carbocycles. The molecule has 0 saturated carbocycles. The molecule has 0 aliphatic rings. The van der Waals surface area contributed by atoms with E-state index in [2.05, 4.69) is 11.2 Å². The summed E-state index contributed by atoms with van der Waals surface area (Å²) >= 11 is 0. The van der Waals surface area contributed by atoms with Crippen LogP contribution in [0.25, 0.3) is 5.69 Å². The molecule has 1 aromatic heterocycles. The van der Waals surface area contributed by atoms with Gasteiger partial charge in [0.2, 0.25) is 0 Å². The van der Waals surface area contributed by atoms with Crippen molar-refractivity contribution in [2.45, 2.75) is 6.61 Å². The Labute approximate surface area is 87.1 Å². The lowest BCUT2D eigenvalue weighted by molar-refractivity contribution is 0.181. The molecule has 0 unspecified atom stereocenters. The Morgan fingerprint density at radius 2 is 2.27 bits per heavy atom. The van der Waals surface area contributed by atoms with Gasteiger partial charge < -0.3 is 4.74 Å². The van der Waals surface area contributed by atoms with E-state index >= 15 is 0 Å². The van der Waals surface area contributed by atoms with E-state index in [9.17, 15) is 4.39 Å². The summed E-state index contributed by atoms with van der Waals surface area (Å²) in [6.07, 6.45) is 1.59. The van der Waals surface area contributed by atoms with E-state index < -0.39 is 0 Å². The van der Waals surface area contributed by atoms with Crippen molar-refractivity contribution in [2.24, 2.45) is 0 Å². The smallest absolute Gasteiger partial charge is 0.148 e. The first-order valence-electron chi connectivity index (χ1n) is 4.51. The van der Waals surface area contributed by atoms with Crippen molar-refractivity contribution in [1.82, 2.24) is 9.78 Å². The molecule has 0 spiro atoms. The Hall–Kier alpha value is -1.68. The fraction of sp³-hybridized carbons (Fsp3) is 0.182. The van der Waals surface area contributed by atoms with Gasteiger partial charge >= 0.3 is 0 Å². The second-order valence-electron chi connectivity index (χ2n) is 3.05. The topological polar surface area (TPSA) is 27.1 Å². The number of rotatable bonds is 3. The average molecular weight is 205 g/mol. The predicted octanol–water partition coefficient (Wildman–Crippen LogP) is 1.96. The van der Waals surface area contributed by atoms with E-state index in [0.717, 1.165) is 0 Å². The Bertz CT molecular complexity index is 453. The lowest BCUT2D eigenvalue weighted by Crippen LogP contribution is -1.99. The van der Waals surface area contributed by atoms with Crippen LogP contribution in [0.15, 0.2) is 30.5 Å². The normalized spacial score (nSPS) is 10.5. The van der Waals surface area contributed by atoms with Crippen molar-refractivity contribution in [3.05, 3.63) is 48.0 Å². The number of ether oxygens (including phenoxy) is 1. The minimum absolute atomic E-state index is 0.307. The maximum absolute atomic E-state index is 13.4. The van der Waals surface area contributed by atoms with Crippen LogP contribution in [-0.2, 0) is 11.3 Å². The Kier molecular flexibility index (Phi) is 2.78. The molecule has 0 saturated heterocycles. The van der Waals surface area contributed by atoms with E-state index in [-0.39, 0.29) is 5.82 Å². The number of hydrogen-bond acceptors (Lipinski definition) is 2. The third kappa shape index (κ3) is 2.05. The summed E-state index contributed by atoms with van der Waals surface area (Å²) in [6, 6.07) is 9.35. The monoisotopic (exact) mass is 205 g/mol. The lowest BCUT2D eigenvalue weighted by atomic mass is 10.3. The largest absolute Gasteiger partial charge is 0.378 e. The van der Waals surface area contributed by atoms with Crippen LogP contribution in [0, 0.1) is 11.9 Å². The molecule has 2 aromatic rings.